The molecular weight excluding hydrogens is 1560 g/mol. The third-order valence-electron chi connectivity index (χ3n) is 21.6. The average Bonchev–Trinajstić information content (AvgIpc) is 0.777. The van der Waals surface area contributed by atoms with Gasteiger partial charge in [-0.15, -0.1) is 0 Å². The average molecular weight is 1670 g/mol. The Hall–Kier alpha value is -2.90. The molecule has 29 N–H and O–H groups in total. The standard InChI is InChI=1S/C64H108N2O48/c1-13-27(75)35(83)42(90)58(97-13)109-49-25(65-16(4)73)57(105-22(10-71)47(49)107-61-45(93)38(86)30(78)18(6-67)101-61)113-53-40(88)32(80)21(9-70)104-64(53)111-51-34(82)24(100-55(95)46(51)94)12-96-62-52(39(87)31(79)19(7-68)102-62)112-56-26(66-17(5)74)50(110-59-43(91)36(84)28(76)14(2)98-59)48(23(11-72)106-56)108-63-54(41(89)33(81)20(8-69)103-63)114-60-44(92)37(85)29(77)15(3)99-60/h13-15,18-64,67-72,75-95H,6-12H2,1-5H3,(H,65,73)(H,66,74)/t13-,14-,15-,18-,19-,20-,21-,22-,23-,24-,25-,26-,27+,28+,29+,30+,31-,32-,33+,34-,35+,36+,37+,38+,39+,40+,41+,42-,43-,44-,45-,46+,47-,48-,49-,50-,51+,52+,53+,54-,55+,56+,57+,58-,59-,60-,61+,62+,63+,64-/m1/s1. The van der Waals surface area contributed by atoms with Crippen LogP contribution in [0.3, 0.4) is 0 Å². The number of hydrogen-bond donors (Lipinski definition) is 29. The Kier molecular flexibility index (Phi) is 32.7. The van der Waals surface area contributed by atoms with Gasteiger partial charge < -0.3 is 239 Å². The number of aliphatic hydroxyl groups excluding tert-OH is 27. The molecule has 0 aromatic heterocycles. The fourth-order valence-corrected chi connectivity index (χ4v) is 14.9. The minimum atomic E-state index is -2.46. The summed E-state index contributed by atoms with van der Waals surface area (Å²) in [6.07, 6.45) is -97.6. The van der Waals surface area contributed by atoms with Gasteiger partial charge in [0.15, 0.2) is 62.9 Å². The van der Waals surface area contributed by atoms with E-state index in [1.54, 1.807) is 0 Å². The van der Waals surface area contributed by atoms with E-state index in [1.807, 2.05) is 0 Å². The molecule has 0 aliphatic carbocycles. The predicted octanol–water partition coefficient (Wildman–Crippen LogP) is -19.4. The van der Waals surface area contributed by atoms with Gasteiger partial charge in [0.1, 0.15) is 226 Å². The van der Waals surface area contributed by atoms with Crippen molar-refractivity contribution >= 4 is 11.8 Å². The van der Waals surface area contributed by atoms with E-state index < -0.39 is 365 Å². The third kappa shape index (κ3) is 19.7. The third-order valence-corrected chi connectivity index (χ3v) is 21.6. The van der Waals surface area contributed by atoms with E-state index in [-0.39, 0.29) is 0 Å². The first kappa shape index (κ1) is 93.4. The molecule has 0 aromatic rings. The Bertz CT molecular complexity index is 2990. The lowest BCUT2D eigenvalue weighted by Crippen LogP contribution is -2.71. The fourth-order valence-electron chi connectivity index (χ4n) is 14.9. The molecule has 0 radical (unpaired) electrons. The number of ether oxygens (including phenoxy) is 19. The zero-order valence-electron chi connectivity index (χ0n) is 61.5. The molecule has 50 atom stereocenters. The maximum absolute atomic E-state index is 13.5. The van der Waals surface area contributed by atoms with E-state index in [0.29, 0.717) is 0 Å². The lowest BCUT2D eigenvalue weighted by atomic mass is 9.93. The van der Waals surface area contributed by atoms with Crippen molar-refractivity contribution in [1.29, 1.82) is 0 Å². The minimum Gasteiger partial charge on any atom is -0.394 e. The highest BCUT2D eigenvalue weighted by atomic mass is 16.8. The highest BCUT2D eigenvalue weighted by Gasteiger charge is 2.62. The normalized spacial score (nSPS) is 52.5. The predicted molar refractivity (Wildman–Crippen MR) is 349 cm³/mol. The van der Waals surface area contributed by atoms with Gasteiger partial charge in [0.2, 0.25) is 11.8 Å². The first-order valence-corrected chi connectivity index (χ1v) is 36.7. The molecule has 10 rings (SSSR count). The maximum atomic E-state index is 13.5. The number of hydrogen-bond acceptors (Lipinski definition) is 48. The zero-order chi connectivity index (χ0) is 83.8. The van der Waals surface area contributed by atoms with E-state index in [1.165, 1.54) is 20.8 Å². The van der Waals surface area contributed by atoms with Crippen LogP contribution in [0.1, 0.15) is 34.6 Å². The van der Waals surface area contributed by atoms with E-state index in [4.69, 9.17) is 90.0 Å². The summed E-state index contributed by atoms with van der Waals surface area (Å²) < 4.78 is 114. The Morgan fingerprint density at radius 2 is 0.509 bits per heavy atom. The monoisotopic (exact) mass is 1670 g/mol. The molecule has 10 fully saturated rings. The zero-order valence-corrected chi connectivity index (χ0v) is 61.5. The molecule has 0 unspecified atom stereocenters. The summed E-state index contributed by atoms with van der Waals surface area (Å²) in [5.41, 5.74) is 0. The summed E-state index contributed by atoms with van der Waals surface area (Å²) >= 11 is 0. The molecule has 10 aliphatic heterocycles. The van der Waals surface area contributed by atoms with Crippen LogP contribution in [0, 0.1) is 0 Å². The highest BCUT2D eigenvalue weighted by molar-refractivity contribution is 5.73. The van der Waals surface area contributed by atoms with Crippen molar-refractivity contribution in [3.8, 4) is 0 Å². The molecule has 50 nitrogen and oxygen atoms in total. The SMILES string of the molecule is CC(=O)N[C@H]1[C@H](O[C@@H]2[C@@H](O[C@@H]3[C@H](O)[C@@H](O)O[C@H](CO[C@H]4O[C@H](CO)[C@@H](O)[C@H](O)[C@@H]4O[C@@H]4O[C@H](CO)[C@@H](O[C@@H]5O[C@H](CO)[C@H](O)[C@H](O)[C@H]5O[C@H]5O[C@H](C)[C@H](O)[C@H](O)[C@H]5O)[C@H](O[C@H]5O[C@H](C)[C@H](O)[C@H](O)[C@H]5O)[C@H]4NC(C)=O)[C@H]3O)O[C@H](CO)[C@@H](O)[C@@H]2O)O[C@H](CO)[C@@H](O[C@@H]2O[C@H](CO)[C@H](O)[C@H](O)[C@H]2O)[C@@H]1O[C@H]1O[C@H](C)[C@H](O)[C@H](O)[C@H]1O. The Morgan fingerprint density at radius 1 is 0.246 bits per heavy atom. The smallest absolute Gasteiger partial charge is 0.217 e. The van der Waals surface area contributed by atoms with Gasteiger partial charge in [0, 0.05) is 13.8 Å². The largest absolute Gasteiger partial charge is 0.394 e. The number of carbonyl (C=O) groups is 2. The van der Waals surface area contributed by atoms with Gasteiger partial charge in [-0.25, -0.2) is 0 Å². The molecule has 10 aliphatic rings. The van der Waals surface area contributed by atoms with E-state index in [9.17, 15) is 147 Å². The van der Waals surface area contributed by atoms with Crippen molar-refractivity contribution in [2.24, 2.45) is 0 Å². The number of nitrogens with one attached hydrogen (secondary N) is 2. The van der Waals surface area contributed by atoms with Gasteiger partial charge in [-0.05, 0) is 20.8 Å². The van der Waals surface area contributed by atoms with Gasteiger partial charge in [0.25, 0.3) is 0 Å². The van der Waals surface area contributed by atoms with Crippen LogP contribution in [0.25, 0.3) is 0 Å². The first-order valence-electron chi connectivity index (χ1n) is 36.7. The van der Waals surface area contributed by atoms with E-state index in [0.717, 1.165) is 13.8 Å². The van der Waals surface area contributed by atoms with Crippen molar-refractivity contribution < 1.29 is 237 Å². The van der Waals surface area contributed by atoms with Crippen molar-refractivity contribution in [1.82, 2.24) is 10.6 Å². The Labute approximate surface area is 646 Å². The molecule has 10 saturated heterocycles. The second-order valence-corrected chi connectivity index (χ2v) is 29.5. The van der Waals surface area contributed by atoms with Crippen LogP contribution in [-0.4, -0.2) is 503 Å². The van der Waals surface area contributed by atoms with Crippen molar-refractivity contribution in [3.63, 3.8) is 0 Å². The number of aliphatic hydroxyl groups is 27. The van der Waals surface area contributed by atoms with Gasteiger partial charge in [0.05, 0.1) is 64.6 Å². The lowest BCUT2D eigenvalue weighted by Gasteiger charge is -2.52. The maximum Gasteiger partial charge on any atom is 0.217 e. The fraction of sp³-hybridized carbons (Fsp3) is 0.969. The number of carbonyl (C=O) groups excluding carboxylic acids is 2. The second-order valence-electron chi connectivity index (χ2n) is 29.5. The quantitative estimate of drug-likeness (QED) is 0.0363. The van der Waals surface area contributed by atoms with Crippen LogP contribution in [0.4, 0.5) is 0 Å². The minimum absolute atomic E-state index is 0.931. The first-order chi connectivity index (χ1) is 53.8. The number of rotatable bonds is 27. The van der Waals surface area contributed by atoms with Gasteiger partial charge in [-0.1, -0.05) is 0 Å². The van der Waals surface area contributed by atoms with Gasteiger partial charge in [-0.2, -0.15) is 0 Å². The summed E-state index contributed by atoms with van der Waals surface area (Å²) in [5.74, 6) is -1.97. The lowest BCUT2D eigenvalue weighted by molar-refractivity contribution is -0.402. The van der Waals surface area contributed by atoms with Gasteiger partial charge in [-0.3, -0.25) is 9.59 Å². The van der Waals surface area contributed by atoms with Crippen molar-refractivity contribution in [2.45, 2.75) is 342 Å². The molecule has 50 heteroatoms. The summed E-state index contributed by atoms with van der Waals surface area (Å²) in [5, 5.41) is 303. The Morgan fingerprint density at radius 3 is 0.860 bits per heavy atom. The molecule has 0 aromatic carbocycles. The summed E-state index contributed by atoms with van der Waals surface area (Å²) in [6, 6.07) is -3.99. The van der Waals surface area contributed by atoms with Crippen molar-refractivity contribution in [2.75, 3.05) is 46.2 Å². The van der Waals surface area contributed by atoms with Gasteiger partial charge >= 0.3 is 0 Å². The summed E-state index contributed by atoms with van der Waals surface area (Å²) in [4.78, 5) is 26.8. The molecule has 0 bridgehead atoms. The molecule has 0 saturated carbocycles. The van der Waals surface area contributed by atoms with Crippen molar-refractivity contribution in [3.05, 3.63) is 0 Å². The van der Waals surface area contributed by atoms with Crippen LogP contribution in [-0.2, 0) is 99.6 Å². The summed E-state index contributed by atoms with van der Waals surface area (Å²) in [6.45, 7) is -2.18. The van der Waals surface area contributed by atoms with E-state index >= 15 is 0 Å². The highest BCUT2D eigenvalue weighted by Crippen LogP contribution is 2.42. The second kappa shape index (κ2) is 40.0. The molecule has 662 valence electrons. The van der Waals surface area contributed by atoms with Crippen LogP contribution in [0.2, 0.25) is 0 Å². The van der Waals surface area contributed by atoms with Crippen LogP contribution in [0.15, 0.2) is 0 Å². The summed E-state index contributed by atoms with van der Waals surface area (Å²) in [7, 11) is 0. The molecule has 10 heterocycles. The molecule has 2 amide bonds. The molecule has 114 heavy (non-hydrogen) atoms. The molecule has 0 spiro atoms. The Balaban J connectivity index is 0.933. The van der Waals surface area contributed by atoms with Crippen LogP contribution >= 0.6 is 0 Å². The molecular formula is C64H108N2O48. The van der Waals surface area contributed by atoms with Crippen LogP contribution in [0.5, 0.6) is 0 Å². The number of amides is 2. The van der Waals surface area contributed by atoms with E-state index in [2.05, 4.69) is 10.6 Å². The van der Waals surface area contributed by atoms with Crippen LogP contribution < -0.4 is 10.6 Å². The topological polar surface area (TPSA) is 780 Å².